The minimum Gasteiger partial charge on any atom is -0.486 e. The first-order valence-corrected chi connectivity index (χ1v) is 11.6. The van der Waals surface area contributed by atoms with Crippen LogP contribution >= 0.6 is 22.7 Å². The van der Waals surface area contributed by atoms with Crippen molar-refractivity contribution in [1.82, 2.24) is 14.9 Å². The van der Waals surface area contributed by atoms with Crippen LogP contribution in [0.4, 0.5) is 9.52 Å². The number of anilines is 1. The van der Waals surface area contributed by atoms with Crippen LogP contribution in [0.3, 0.4) is 0 Å². The second-order valence-corrected chi connectivity index (χ2v) is 9.14. The Labute approximate surface area is 182 Å². The van der Waals surface area contributed by atoms with Gasteiger partial charge in [0.2, 0.25) is 0 Å². The van der Waals surface area contributed by atoms with Crippen LogP contribution in [0.2, 0.25) is 0 Å². The van der Waals surface area contributed by atoms with Gasteiger partial charge < -0.3 is 4.74 Å². The molecule has 0 aliphatic carbocycles. The molecule has 0 bridgehead atoms. The van der Waals surface area contributed by atoms with Gasteiger partial charge >= 0.3 is 0 Å². The number of nitrogens with zero attached hydrogens (tertiary/aromatic N) is 3. The molecule has 2 aromatic heterocycles. The second-order valence-electron chi connectivity index (χ2n) is 7.20. The van der Waals surface area contributed by atoms with Crippen LogP contribution < -0.4 is 10.1 Å². The number of thiazole rings is 2. The van der Waals surface area contributed by atoms with Gasteiger partial charge in [-0.2, -0.15) is 0 Å². The average Bonchev–Trinajstić information content (AvgIpc) is 3.34. The van der Waals surface area contributed by atoms with E-state index in [2.05, 4.69) is 20.2 Å². The van der Waals surface area contributed by atoms with E-state index in [1.165, 1.54) is 54.1 Å². The number of benzene rings is 1. The number of carbonyl (C=O) groups is 1. The molecular weight excluding hydrogens is 423 g/mol. The number of halogens is 1. The van der Waals surface area contributed by atoms with E-state index in [0.29, 0.717) is 26.5 Å². The van der Waals surface area contributed by atoms with E-state index in [-0.39, 0.29) is 18.3 Å². The molecule has 1 aromatic carbocycles. The van der Waals surface area contributed by atoms with Crippen LogP contribution in [0, 0.1) is 12.7 Å². The number of rotatable bonds is 7. The van der Waals surface area contributed by atoms with Gasteiger partial charge in [0, 0.05) is 11.9 Å². The average molecular weight is 447 g/mol. The standard InChI is InChI=1S/C21H23FN4O2S2/c1-14-19(30-18(23-14)12-28-17-7-5-15(22)6-8-17)20(27)25-21-24-16(13-29-21)11-26-9-3-2-4-10-26/h5-8,13H,2-4,9-12H2,1H3,(H,24,25,27). The van der Waals surface area contributed by atoms with Gasteiger partial charge in [0.05, 0.1) is 11.4 Å². The molecule has 1 amide bonds. The van der Waals surface area contributed by atoms with Crippen LogP contribution in [-0.2, 0) is 13.2 Å². The molecule has 158 valence electrons. The second kappa shape index (κ2) is 9.63. The van der Waals surface area contributed by atoms with Crippen LogP contribution in [-0.4, -0.2) is 33.9 Å². The van der Waals surface area contributed by atoms with Crippen molar-refractivity contribution >= 4 is 33.7 Å². The molecule has 1 aliphatic rings. The summed E-state index contributed by atoms with van der Waals surface area (Å²) in [6.45, 7) is 5.08. The Morgan fingerprint density at radius 3 is 2.73 bits per heavy atom. The number of hydrogen-bond donors (Lipinski definition) is 1. The molecule has 30 heavy (non-hydrogen) atoms. The maximum absolute atomic E-state index is 13.0. The van der Waals surface area contributed by atoms with E-state index < -0.39 is 0 Å². The Kier molecular flexibility index (Phi) is 6.71. The van der Waals surface area contributed by atoms with Gasteiger partial charge in [0.1, 0.15) is 28.1 Å². The number of piperidine rings is 1. The predicted molar refractivity (Wildman–Crippen MR) is 117 cm³/mol. The van der Waals surface area contributed by atoms with Crippen molar-refractivity contribution in [2.24, 2.45) is 0 Å². The minimum atomic E-state index is -0.312. The van der Waals surface area contributed by atoms with Gasteiger partial charge in [-0.1, -0.05) is 6.42 Å². The fourth-order valence-corrected chi connectivity index (χ4v) is 4.91. The largest absolute Gasteiger partial charge is 0.486 e. The van der Waals surface area contributed by atoms with Gasteiger partial charge in [-0.15, -0.1) is 22.7 Å². The Balaban J connectivity index is 1.33. The summed E-state index contributed by atoms with van der Waals surface area (Å²) in [6.07, 6.45) is 3.79. The number of carbonyl (C=O) groups excluding carboxylic acids is 1. The Morgan fingerprint density at radius 2 is 1.97 bits per heavy atom. The van der Waals surface area contributed by atoms with Crippen molar-refractivity contribution in [3.8, 4) is 5.75 Å². The first-order valence-electron chi connectivity index (χ1n) is 9.89. The van der Waals surface area contributed by atoms with Crippen molar-refractivity contribution in [3.05, 3.63) is 56.7 Å². The quantitative estimate of drug-likeness (QED) is 0.561. The van der Waals surface area contributed by atoms with Gasteiger partial charge in [-0.25, -0.2) is 14.4 Å². The van der Waals surface area contributed by atoms with E-state index in [1.807, 2.05) is 5.38 Å². The number of nitrogens with one attached hydrogen (secondary N) is 1. The van der Waals surface area contributed by atoms with Crippen LogP contribution in [0.25, 0.3) is 0 Å². The zero-order chi connectivity index (χ0) is 20.9. The molecule has 0 saturated carbocycles. The van der Waals surface area contributed by atoms with Crippen LogP contribution in [0.1, 0.15) is 45.3 Å². The van der Waals surface area contributed by atoms with Gasteiger partial charge in [0.25, 0.3) is 5.91 Å². The summed E-state index contributed by atoms with van der Waals surface area (Å²) in [5.74, 6) is 0.0313. The molecule has 0 atom stereocenters. The molecule has 9 heteroatoms. The fourth-order valence-electron chi connectivity index (χ4n) is 3.34. The lowest BCUT2D eigenvalue weighted by atomic mass is 10.1. The molecular formula is C21H23FN4O2S2. The van der Waals surface area contributed by atoms with Gasteiger partial charge in [-0.3, -0.25) is 15.0 Å². The first kappa shape index (κ1) is 20.9. The lowest BCUT2D eigenvalue weighted by Crippen LogP contribution is -2.29. The summed E-state index contributed by atoms with van der Waals surface area (Å²) in [4.78, 5) is 24.6. The highest BCUT2D eigenvalue weighted by atomic mass is 32.1. The predicted octanol–water partition coefficient (Wildman–Crippen LogP) is 4.86. The van der Waals surface area contributed by atoms with Crippen molar-refractivity contribution in [3.63, 3.8) is 0 Å². The third-order valence-corrected chi connectivity index (χ3v) is 6.77. The molecule has 0 radical (unpaired) electrons. The smallest absolute Gasteiger partial charge is 0.269 e. The summed E-state index contributed by atoms with van der Waals surface area (Å²) in [7, 11) is 0. The lowest BCUT2D eigenvalue weighted by Gasteiger charge is -2.25. The third-order valence-electron chi connectivity index (χ3n) is 4.83. The zero-order valence-corrected chi connectivity index (χ0v) is 18.3. The highest BCUT2D eigenvalue weighted by molar-refractivity contribution is 7.15. The van der Waals surface area contributed by atoms with Gasteiger partial charge in [-0.05, 0) is 57.1 Å². The van der Waals surface area contributed by atoms with Crippen molar-refractivity contribution in [2.45, 2.75) is 39.3 Å². The maximum Gasteiger partial charge on any atom is 0.269 e. The van der Waals surface area contributed by atoms with E-state index in [9.17, 15) is 9.18 Å². The van der Waals surface area contributed by atoms with E-state index in [1.54, 1.807) is 19.1 Å². The normalized spacial score (nSPS) is 14.6. The van der Waals surface area contributed by atoms with Crippen molar-refractivity contribution in [1.29, 1.82) is 0 Å². The van der Waals surface area contributed by atoms with Crippen LogP contribution in [0.15, 0.2) is 29.6 Å². The molecule has 0 unspecified atom stereocenters. The molecule has 1 saturated heterocycles. The van der Waals surface area contributed by atoms with E-state index in [4.69, 9.17) is 4.74 Å². The van der Waals surface area contributed by atoms with Crippen molar-refractivity contribution < 1.29 is 13.9 Å². The SMILES string of the molecule is Cc1nc(COc2ccc(F)cc2)sc1C(=O)Nc1nc(CN2CCCCC2)cs1. The molecule has 1 fully saturated rings. The first-order chi connectivity index (χ1) is 14.6. The number of aromatic nitrogens is 2. The summed E-state index contributed by atoms with van der Waals surface area (Å²) in [6, 6.07) is 5.81. The Hall–Kier alpha value is -2.36. The summed E-state index contributed by atoms with van der Waals surface area (Å²) in [5.41, 5.74) is 1.65. The maximum atomic E-state index is 13.0. The Bertz CT molecular complexity index is 997. The number of aryl methyl sites for hydroxylation is 1. The van der Waals surface area contributed by atoms with Crippen LogP contribution in [0.5, 0.6) is 5.75 Å². The zero-order valence-electron chi connectivity index (χ0n) is 16.7. The molecule has 4 rings (SSSR count). The lowest BCUT2D eigenvalue weighted by molar-refractivity contribution is 0.102. The molecule has 6 nitrogen and oxygen atoms in total. The molecule has 3 heterocycles. The van der Waals surface area contributed by atoms with Gasteiger partial charge in [0.15, 0.2) is 5.13 Å². The molecule has 3 aromatic rings. The summed E-state index contributed by atoms with van der Waals surface area (Å²) >= 11 is 2.73. The fraction of sp³-hybridized carbons (Fsp3) is 0.381. The minimum absolute atomic E-state index is 0.211. The molecule has 1 N–H and O–H groups in total. The molecule has 0 spiro atoms. The number of hydrogen-bond acceptors (Lipinski definition) is 7. The Morgan fingerprint density at radius 1 is 1.20 bits per heavy atom. The monoisotopic (exact) mass is 446 g/mol. The highest BCUT2D eigenvalue weighted by Gasteiger charge is 2.18. The van der Waals surface area contributed by atoms with Crippen molar-refractivity contribution in [2.75, 3.05) is 18.4 Å². The van der Waals surface area contributed by atoms with E-state index >= 15 is 0 Å². The number of ether oxygens (including phenoxy) is 1. The summed E-state index contributed by atoms with van der Waals surface area (Å²) in [5, 5.41) is 6.18. The highest BCUT2D eigenvalue weighted by Crippen LogP contribution is 2.24. The number of likely N-dealkylation sites (tertiary alicyclic amines) is 1. The third kappa shape index (κ3) is 5.41. The summed E-state index contributed by atoms with van der Waals surface area (Å²) < 4.78 is 18.6. The van der Waals surface area contributed by atoms with E-state index in [0.717, 1.165) is 25.3 Å². The topological polar surface area (TPSA) is 67.3 Å². The number of amides is 1. The molecule has 1 aliphatic heterocycles.